The van der Waals surface area contributed by atoms with Gasteiger partial charge in [0.15, 0.2) is 0 Å². The van der Waals surface area contributed by atoms with Crippen molar-refractivity contribution < 1.29 is 9.53 Å². The molecule has 3 nitrogen and oxygen atoms in total. The summed E-state index contributed by atoms with van der Waals surface area (Å²) in [5.41, 5.74) is 0.970. The molecular formula is C9H12NO2P. The predicted molar refractivity (Wildman–Crippen MR) is 55.5 cm³/mol. The van der Waals surface area contributed by atoms with Crippen LogP contribution in [0.5, 0.6) is 0 Å². The normalized spacial score (nSPS) is 9.38. The Morgan fingerprint density at radius 2 is 2.08 bits per heavy atom. The molecule has 1 aromatic rings. The number of carbonyl (C=O) groups excluding carboxylic acids is 1. The number of esters is 1. The zero-order valence-corrected chi connectivity index (χ0v) is 8.59. The van der Waals surface area contributed by atoms with Crippen molar-refractivity contribution in [1.82, 2.24) is 0 Å². The van der Waals surface area contributed by atoms with Crippen LogP contribution < -0.4 is 4.67 Å². The lowest BCUT2D eigenvalue weighted by Gasteiger charge is -2.16. The number of para-hydroxylation sites is 1. The van der Waals surface area contributed by atoms with Crippen molar-refractivity contribution in [1.29, 1.82) is 0 Å². The summed E-state index contributed by atoms with van der Waals surface area (Å²) in [4.78, 5) is 10.9. The highest BCUT2D eigenvalue weighted by atomic mass is 31.0. The van der Waals surface area contributed by atoms with Crippen molar-refractivity contribution in [3.8, 4) is 0 Å². The van der Waals surface area contributed by atoms with Gasteiger partial charge in [-0.25, -0.2) is 0 Å². The first-order chi connectivity index (χ1) is 6.24. The molecule has 0 saturated heterocycles. The van der Waals surface area contributed by atoms with Crippen LogP contribution in [0.2, 0.25) is 0 Å². The maximum Gasteiger partial charge on any atom is 0.325 e. The van der Waals surface area contributed by atoms with Gasteiger partial charge in [-0.15, -0.1) is 0 Å². The summed E-state index contributed by atoms with van der Waals surface area (Å²) < 4.78 is 6.30. The van der Waals surface area contributed by atoms with Gasteiger partial charge < -0.3 is 9.41 Å². The topological polar surface area (TPSA) is 29.5 Å². The van der Waals surface area contributed by atoms with Gasteiger partial charge in [-0.3, -0.25) is 4.79 Å². The highest BCUT2D eigenvalue weighted by Crippen LogP contribution is 2.16. The molecular weight excluding hydrogens is 185 g/mol. The van der Waals surface area contributed by atoms with E-state index in [1.807, 2.05) is 30.3 Å². The summed E-state index contributed by atoms with van der Waals surface area (Å²) in [6.07, 6.45) is 0. The number of methoxy groups -OCH3 is 1. The predicted octanol–water partition coefficient (Wildman–Crippen LogP) is 1.46. The van der Waals surface area contributed by atoms with Crippen molar-refractivity contribution in [2.45, 2.75) is 0 Å². The van der Waals surface area contributed by atoms with Crippen molar-refractivity contribution in [2.75, 3.05) is 18.3 Å². The summed E-state index contributed by atoms with van der Waals surface area (Å²) in [5.74, 6) is -0.251. The van der Waals surface area contributed by atoms with Gasteiger partial charge in [0.25, 0.3) is 0 Å². The van der Waals surface area contributed by atoms with Crippen LogP contribution >= 0.6 is 9.39 Å². The van der Waals surface area contributed by atoms with Crippen molar-refractivity contribution in [3.05, 3.63) is 30.3 Å². The van der Waals surface area contributed by atoms with Gasteiger partial charge in [0.05, 0.1) is 7.11 Å². The second kappa shape index (κ2) is 4.83. The first kappa shape index (κ1) is 10.0. The van der Waals surface area contributed by atoms with Crippen molar-refractivity contribution in [2.24, 2.45) is 0 Å². The average molecular weight is 197 g/mol. The van der Waals surface area contributed by atoms with E-state index in [-0.39, 0.29) is 12.5 Å². The van der Waals surface area contributed by atoms with E-state index < -0.39 is 0 Å². The molecule has 0 spiro atoms. The Morgan fingerprint density at radius 1 is 1.46 bits per heavy atom. The fourth-order valence-corrected chi connectivity index (χ4v) is 1.24. The van der Waals surface area contributed by atoms with E-state index in [0.717, 1.165) is 5.69 Å². The Hall–Kier alpha value is -1.08. The fraction of sp³-hybridized carbons (Fsp3) is 0.222. The molecule has 0 N–H and O–H groups in total. The van der Waals surface area contributed by atoms with Gasteiger partial charge in [0, 0.05) is 5.69 Å². The van der Waals surface area contributed by atoms with Crippen molar-refractivity contribution >= 4 is 21.0 Å². The molecule has 4 heteroatoms. The Morgan fingerprint density at radius 3 is 2.62 bits per heavy atom. The third-order valence-electron chi connectivity index (χ3n) is 1.61. The summed E-state index contributed by atoms with van der Waals surface area (Å²) in [7, 11) is 3.86. The molecule has 0 radical (unpaired) electrons. The minimum absolute atomic E-state index is 0.241. The quantitative estimate of drug-likeness (QED) is 0.542. The van der Waals surface area contributed by atoms with Crippen LogP contribution in [0.15, 0.2) is 30.3 Å². The number of rotatable bonds is 3. The minimum atomic E-state index is -0.251. The SMILES string of the molecule is COC(=O)CN(P)c1ccccc1. The zero-order chi connectivity index (χ0) is 9.68. The van der Waals surface area contributed by atoms with Crippen LogP contribution in [0, 0.1) is 0 Å². The van der Waals surface area contributed by atoms with Crippen LogP contribution in [0.1, 0.15) is 0 Å². The third kappa shape index (κ3) is 3.03. The lowest BCUT2D eigenvalue weighted by Crippen LogP contribution is -2.20. The summed E-state index contributed by atoms with van der Waals surface area (Å²) in [6, 6.07) is 9.62. The largest absolute Gasteiger partial charge is 0.468 e. The van der Waals surface area contributed by atoms with E-state index in [4.69, 9.17) is 0 Å². The van der Waals surface area contributed by atoms with Gasteiger partial charge in [0.2, 0.25) is 0 Å². The molecule has 0 aliphatic rings. The first-order valence-electron chi connectivity index (χ1n) is 3.88. The van der Waals surface area contributed by atoms with E-state index in [1.165, 1.54) is 7.11 Å². The van der Waals surface area contributed by atoms with Gasteiger partial charge in [-0.1, -0.05) is 18.2 Å². The number of ether oxygens (including phenoxy) is 1. The zero-order valence-electron chi connectivity index (χ0n) is 7.43. The van der Waals surface area contributed by atoms with Gasteiger partial charge in [0.1, 0.15) is 6.54 Å². The third-order valence-corrected chi connectivity index (χ3v) is 2.10. The molecule has 0 heterocycles. The molecule has 0 saturated carbocycles. The molecule has 0 aromatic heterocycles. The molecule has 0 bridgehead atoms. The molecule has 70 valence electrons. The van der Waals surface area contributed by atoms with Crippen LogP contribution in [-0.4, -0.2) is 19.6 Å². The maximum atomic E-state index is 10.9. The molecule has 0 fully saturated rings. The second-order valence-corrected chi connectivity index (χ2v) is 3.16. The maximum absolute atomic E-state index is 10.9. The first-order valence-corrected chi connectivity index (χ1v) is 4.40. The Labute approximate surface area is 79.9 Å². The Balaban J connectivity index is 2.59. The second-order valence-electron chi connectivity index (χ2n) is 2.54. The number of anilines is 1. The molecule has 1 aromatic carbocycles. The van der Waals surface area contributed by atoms with E-state index in [2.05, 4.69) is 14.1 Å². The molecule has 0 aliphatic carbocycles. The lowest BCUT2D eigenvalue weighted by atomic mass is 10.3. The van der Waals surface area contributed by atoms with Crippen LogP contribution in [0.4, 0.5) is 5.69 Å². The number of benzene rings is 1. The highest BCUT2D eigenvalue weighted by Gasteiger charge is 2.05. The minimum Gasteiger partial charge on any atom is -0.468 e. The smallest absolute Gasteiger partial charge is 0.325 e. The van der Waals surface area contributed by atoms with E-state index in [0.29, 0.717) is 0 Å². The molecule has 13 heavy (non-hydrogen) atoms. The highest BCUT2D eigenvalue weighted by molar-refractivity contribution is 7.19. The Kier molecular flexibility index (Phi) is 3.71. The van der Waals surface area contributed by atoms with Crippen LogP contribution in [0.3, 0.4) is 0 Å². The molecule has 0 aliphatic heterocycles. The monoisotopic (exact) mass is 197 g/mol. The van der Waals surface area contributed by atoms with E-state index in [1.54, 1.807) is 4.67 Å². The van der Waals surface area contributed by atoms with Gasteiger partial charge >= 0.3 is 5.97 Å². The molecule has 1 rings (SSSR count). The van der Waals surface area contributed by atoms with Crippen LogP contribution in [0.25, 0.3) is 0 Å². The number of nitrogens with zero attached hydrogens (tertiary/aromatic N) is 1. The molecule has 1 atom stereocenters. The average Bonchev–Trinajstić information content (AvgIpc) is 2.19. The number of carbonyl (C=O) groups is 1. The summed E-state index contributed by atoms with van der Waals surface area (Å²) >= 11 is 0. The summed E-state index contributed by atoms with van der Waals surface area (Å²) in [5, 5.41) is 0. The fourth-order valence-electron chi connectivity index (χ4n) is 0.914. The van der Waals surface area contributed by atoms with Crippen molar-refractivity contribution in [3.63, 3.8) is 0 Å². The van der Waals surface area contributed by atoms with E-state index >= 15 is 0 Å². The molecule has 0 amide bonds. The molecule has 1 unspecified atom stereocenters. The number of hydrogen-bond donors (Lipinski definition) is 0. The van der Waals surface area contributed by atoms with E-state index in [9.17, 15) is 4.79 Å². The van der Waals surface area contributed by atoms with Gasteiger partial charge in [-0.2, -0.15) is 0 Å². The number of hydrogen-bond acceptors (Lipinski definition) is 3. The standard InChI is InChI=1S/C9H12NO2P/c1-12-9(11)7-10(13)8-5-3-2-4-6-8/h2-6H,7,13H2,1H3. The van der Waals surface area contributed by atoms with Gasteiger partial charge in [-0.05, 0) is 21.5 Å². The Bertz CT molecular complexity index is 276. The summed E-state index contributed by atoms with van der Waals surface area (Å²) in [6.45, 7) is 0.241. The lowest BCUT2D eigenvalue weighted by molar-refractivity contribution is -0.138. The van der Waals surface area contributed by atoms with Crippen LogP contribution in [-0.2, 0) is 9.53 Å².